The van der Waals surface area contributed by atoms with Gasteiger partial charge in [-0.25, -0.2) is 9.79 Å². The van der Waals surface area contributed by atoms with Crippen molar-refractivity contribution in [1.82, 2.24) is 4.57 Å². The fourth-order valence-corrected chi connectivity index (χ4v) is 4.84. The largest absolute Gasteiger partial charge is 0.497 e. The average molecular weight is 495 g/mol. The van der Waals surface area contributed by atoms with E-state index in [9.17, 15) is 9.59 Å². The van der Waals surface area contributed by atoms with E-state index in [1.54, 1.807) is 25.3 Å². The fourth-order valence-electron chi connectivity index (χ4n) is 3.87. The second-order valence-corrected chi connectivity index (χ2v) is 8.53. The van der Waals surface area contributed by atoms with Gasteiger partial charge in [0.05, 0.1) is 43.6 Å². The zero-order chi connectivity index (χ0) is 24.9. The van der Waals surface area contributed by atoms with Crippen LogP contribution in [0.15, 0.2) is 64.0 Å². The molecule has 0 bridgehead atoms. The lowest BCUT2D eigenvalue weighted by Gasteiger charge is -2.23. The Morgan fingerprint density at radius 2 is 1.86 bits per heavy atom. The minimum Gasteiger partial charge on any atom is -0.497 e. The number of hydrogen-bond acceptors (Lipinski definition) is 8. The van der Waals surface area contributed by atoms with E-state index in [2.05, 4.69) is 4.99 Å². The third kappa shape index (κ3) is 4.85. The number of carbonyl (C=O) groups excluding carboxylic acids is 1. The SMILES string of the molecule is CCOc1ccc([C@@H]2C(C(=O)OC)=CN=c3s/c(=C\c4cccc(OC)c4)c(=O)n32)cc1OCC. The summed E-state index contributed by atoms with van der Waals surface area (Å²) >= 11 is 1.25. The van der Waals surface area contributed by atoms with Crippen LogP contribution in [0.2, 0.25) is 0 Å². The topological polar surface area (TPSA) is 88.4 Å². The smallest absolute Gasteiger partial charge is 0.337 e. The molecule has 0 saturated carbocycles. The Morgan fingerprint density at radius 1 is 1.09 bits per heavy atom. The van der Waals surface area contributed by atoms with Gasteiger partial charge in [0.25, 0.3) is 5.56 Å². The van der Waals surface area contributed by atoms with Crippen LogP contribution in [0.1, 0.15) is 31.0 Å². The molecule has 0 spiro atoms. The summed E-state index contributed by atoms with van der Waals surface area (Å²) in [6.07, 6.45) is 3.25. The van der Waals surface area contributed by atoms with E-state index in [-0.39, 0.29) is 11.1 Å². The van der Waals surface area contributed by atoms with Crippen LogP contribution in [-0.4, -0.2) is 38.0 Å². The Morgan fingerprint density at radius 3 is 2.57 bits per heavy atom. The van der Waals surface area contributed by atoms with E-state index >= 15 is 0 Å². The maximum absolute atomic E-state index is 13.6. The molecular weight excluding hydrogens is 468 g/mol. The summed E-state index contributed by atoms with van der Waals surface area (Å²) < 4.78 is 23.8. The van der Waals surface area contributed by atoms with Crippen molar-refractivity contribution in [1.29, 1.82) is 0 Å². The molecular formula is C26H26N2O6S. The molecule has 3 aromatic rings. The molecule has 2 aromatic carbocycles. The van der Waals surface area contributed by atoms with Crippen molar-refractivity contribution in [3.63, 3.8) is 0 Å². The summed E-state index contributed by atoms with van der Waals surface area (Å²) in [6, 6.07) is 12.1. The molecule has 2 heterocycles. The van der Waals surface area contributed by atoms with Gasteiger partial charge >= 0.3 is 5.97 Å². The van der Waals surface area contributed by atoms with E-state index in [1.165, 1.54) is 29.2 Å². The highest BCUT2D eigenvalue weighted by atomic mass is 32.1. The van der Waals surface area contributed by atoms with Crippen LogP contribution in [0.25, 0.3) is 6.08 Å². The van der Waals surface area contributed by atoms with Gasteiger partial charge in [0.2, 0.25) is 0 Å². The minimum atomic E-state index is -0.735. The van der Waals surface area contributed by atoms with E-state index < -0.39 is 12.0 Å². The Kier molecular flexibility index (Phi) is 7.36. The van der Waals surface area contributed by atoms with Gasteiger partial charge in [0, 0.05) is 6.20 Å². The molecule has 9 heteroatoms. The Balaban J connectivity index is 1.90. The number of benzene rings is 2. The number of hydrogen-bond donors (Lipinski definition) is 0. The summed E-state index contributed by atoms with van der Waals surface area (Å²) in [5, 5.41) is 0. The molecule has 4 rings (SSSR count). The standard InChI is InChI=1S/C26H26N2O6S/c1-5-33-20-11-10-17(14-21(20)34-6-2)23-19(25(30)32-4)15-27-26-28(23)24(29)22(35-26)13-16-8-7-9-18(12-16)31-3/h7-15,23H,5-6H2,1-4H3/b22-13-/t23-/m1/s1. The monoisotopic (exact) mass is 494 g/mol. The Bertz CT molecular complexity index is 1450. The summed E-state index contributed by atoms with van der Waals surface area (Å²) in [6.45, 7) is 4.69. The predicted molar refractivity (Wildman–Crippen MR) is 133 cm³/mol. The van der Waals surface area contributed by atoms with Crippen molar-refractivity contribution in [2.24, 2.45) is 4.99 Å². The van der Waals surface area contributed by atoms with Gasteiger partial charge in [-0.2, -0.15) is 0 Å². The molecule has 182 valence electrons. The molecule has 0 N–H and O–H groups in total. The number of carbonyl (C=O) groups is 1. The van der Waals surface area contributed by atoms with Crippen LogP contribution >= 0.6 is 11.3 Å². The third-order valence-corrected chi connectivity index (χ3v) is 6.40. The molecule has 0 unspecified atom stereocenters. The summed E-state index contributed by atoms with van der Waals surface area (Å²) in [7, 11) is 2.90. The van der Waals surface area contributed by atoms with Gasteiger partial charge in [-0.15, -0.1) is 0 Å². The second-order valence-electron chi connectivity index (χ2n) is 7.52. The van der Waals surface area contributed by atoms with Crippen molar-refractivity contribution < 1.29 is 23.7 Å². The second kappa shape index (κ2) is 10.6. The van der Waals surface area contributed by atoms with Crippen molar-refractivity contribution >= 4 is 23.4 Å². The van der Waals surface area contributed by atoms with Crippen molar-refractivity contribution in [3.05, 3.63) is 85.1 Å². The van der Waals surface area contributed by atoms with E-state index in [4.69, 9.17) is 18.9 Å². The van der Waals surface area contributed by atoms with Crippen molar-refractivity contribution in [3.8, 4) is 17.2 Å². The first kappa shape index (κ1) is 24.3. The van der Waals surface area contributed by atoms with Gasteiger partial charge in [0.15, 0.2) is 16.3 Å². The van der Waals surface area contributed by atoms with Gasteiger partial charge in [0.1, 0.15) is 5.75 Å². The number of ether oxygens (including phenoxy) is 4. The number of thiazole rings is 1. The molecule has 0 saturated heterocycles. The van der Waals surface area contributed by atoms with Crippen molar-refractivity contribution in [2.45, 2.75) is 19.9 Å². The molecule has 0 amide bonds. The van der Waals surface area contributed by atoms with Crippen LogP contribution < -0.4 is 29.1 Å². The molecule has 0 aliphatic carbocycles. The van der Waals surface area contributed by atoms with Gasteiger partial charge in [-0.05, 0) is 55.3 Å². The first-order valence-corrected chi connectivity index (χ1v) is 11.9. The van der Waals surface area contributed by atoms with Crippen LogP contribution in [0, 0.1) is 0 Å². The number of nitrogens with zero attached hydrogens (tertiary/aromatic N) is 2. The fraction of sp³-hybridized carbons (Fsp3) is 0.269. The minimum absolute atomic E-state index is 0.249. The lowest BCUT2D eigenvalue weighted by Crippen LogP contribution is -2.39. The van der Waals surface area contributed by atoms with E-state index in [0.29, 0.717) is 45.4 Å². The first-order chi connectivity index (χ1) is 17.0. The highest BCUT2D eigenvalue weighted by Crippen LogP contribution is 2.35. The van der Waals surface area contributed by atoms with Crippen LogP contribution in [0.4, 0.5) is 0 Å². The molecule has 1 aliphatic rings. The highest BCUT2D eigenvalue weighted by molar-refractivity contribution is 7.07. The lowest BCUT2D eigenvalue weighted by atomic mass is 9.97. The highest BCUT2D eigenvalue weighted by Gasteiger charge is 2.31. The molecule has 1 atom stereocenters. The predicted octanol–water partition coefficient (Wildman–Crippen LogP) is 2.82. The van der Waals surface area contributed by atoms with Crippen molar-refractivity contribution in [2.75, 3.05) is 27.4 Å². The summed E-state index contributed by atoms with van der Waals surface area (Å²) in [5.74, 6) is 1.25. The molecule has 0 radical (unpaired) electrons. The maximum atomic E-state index is 13.6. The molecule has 35 heavy (non-hydrogen) atoms. The van der Waals surface area contributed by atoms with Crippen LogP contribution in [-0.2, 0) is 9.53 Å². The molecule has 8 nitrogen and oxygen atoms in total. The number of fused-ring (bicyclic) bond motifs is 1. The number of methoxy groups -OCH3 is 2. The van der Waals surface area contributed by atoms with Gasteiger partial charge < -0.3 is 18.9 Å². The number of rotatable bonds is 8. The van der Waals surface area contributed by atoms with Crippen LogP contribution in [0.3, 0.4) is 0 Å². The zero-order valence-electron chi connectivity index (χ0n) is 19.9. The van der Waals surface area contributed by atoms with Gasteiger partial charge in [-0.3, -0.25) is 9.36 Å². The summed E-state index contributed by atoms with van der Waals surface area (Å²) in [5.41, 5.74) is 1.48. The van der Waals surface area contributed by atoms with Crippen LogP contribution in [0.5, 0.6) is 17.2 Å². The Labute approximate surface area is 206 Å². The average Bonchev–Trinajstić information content (AvgIpc) is 3.19. The Hall–Kier alpha value is -3.85. The zero-order valence-corrected chi connectivity index (χ0v) is 20.8. The molecule has 1 aliphatic heterocycles. The van der Waals surface area contributed by atoms with E-state index in [1.807, 2.05) is 44.2 Å². The van der Waals surface area contributed by atoms with Gasteiger partial charge in [-0.1, -0.05) is 29.5 Å². The normalized spacial score (nSPS) is 15.0. The first-order valence-electron chi connectivity index (χ1n) is 11.1. The third-order valence-electron chi connectivity index (χ3n) is 5.40. The number of esters is 1. The maximum Gasteiger partial charge on any atom is 0.337 e. The summed E-state index contributed by atoms with van der Waals surface area (Å²) in [4.78, 5) is 31.2. The van der Waals surface area contributed by atoms with E-state index in [0.717, 1.165) is 5.56 Å². The molecule has 1 aromatic heterocycles. The quantitative estimate of drug-likeness (QED) is 0.448. The number of aromatic nitrogens is 1. The molecule has 0 fully saturated rings. The lowest BCUT2D eigenvalue weighted by molar-refractivity contribution is -0.136.